The summed E-state index contributed by atoms with van der Waals surface area (Å²) in [5, 5.41) is 11.1. The molecule has 0 unspecified atom stereocenters. The molecule has 3 heterocycles. The monoisotopic (exact) mass is 574 g/mol. The topological polar surface area (TPSA) is 89.8 Å². The molecule has 1 aliphatic heterocycles. The van der Waals surface area contributed by atoms with Gasteiger partial charge in [0.05, 0.1) is 24.2 Å². The number of benzene rings is 2. The SMILES string of the molecule is C#Cc1c(F)ccc2cc(OCOC)cc(-c3ncc4c(N5CCCCCC5)nc(OCC5(CO)CC5)nc4c3F)c12. The van der Waals surface area contributed by atoms with Crippen molar-refractivity contribution in [3.05, 3.63) is 47.7 Å². The summed E-state index contributed by atoms with van der Waals surface area (Å²) in [5.41, 5.74) is -0.0655. The molecule has 2 fully saturated rings. The van der Waals surface area contributed by atoms with E-state index in [1.54, 1.807) is 24.4 Å². The fraction of sp³-hybridized carbons (Fsp3) is 0.406. The van der Waals surface area contributed by atoms with Gasteiger partial charge in [-0.05, 0) is 49.3 Å². The van der Waals surface area contributed by atoms with E-state index in [4.69, 9.17) is 25.6 Å². The lowest BCUT2D eigenvalue weighted by atomic mass is 9.95. The Labute approximate surface area is 242 Å². The lowest BCUT2D eigenvalue weighted by molar-refractivity contribution is 0.0512. The minimum absolute atomic E-state index is 0.00205. The van der Waals surface area contributed by atoms with Crippen LogP contribution < -0.4 is 14.4 Å². The van der Waals surface area contributed by atoms with E-state index >= 15 is 4.39 Å². The summed E-state index contributed by atoms with van der Waals surface area (Å²) in [6, 6.07) is 6.14. The first-order valence-electron chi connectivity index (χ1n) is 14.2. The predicted octanol–water partition coefficient (Wildman–Crippen LogP) is 5.62. The van der Waals surface area contributed by atoms with Gasteiger partial charge in [0.15, 0.2) is 12.6 Å². The lowest BCUT2D eigenvalue weighted by Crippen LogP contribution is -2.26. The highest BCUT2D eigenvalue weighted by Crippen LogP contribution is 2.45. The van der Waals surface area contributed by atoms with Crippen molar-refractivity contribution >= 4 is 27.5 Å². The summed E-state index contributed by atoms with van der Waals surface area (Å²) < 4.78 is 48.2. The molecule has 1 saturated heterocycles. The molecule has 42 heavy (non-hydrogen) atoms. The molecule has 218 valence electrons. The number of nitrogens with zero attached hydrogens (tertiary/aromatic N) is 4. The van der Waals surface area contributed by atoms with Crippen molar-refractivity contribution in [1.29, 1.82) is 0 Å². The number of ether oxygens (including phenoxy) is 3. The Morgan fingerprint density at radius 2 is 1.86 bits per heavy atom. The van der Waals surface area contributed by atoms with E-state index in [1.807, 2.05) is 0 Å². The minimum atomic E-state index is -0.712. The first kappa shape index (κ1) is 28.1. The normalized spacial score (nSPS) is 16.3. The second-order valence-electron chi connectivity index (χ2n) is 11.0. The quantitative estimate of drug-likeness (QED) is 0.204. The second kappa shape index (κ2) is 11.7. The minimum Gasteiger partial charge on any atom is -0.468 e. The fourth-order valence-corrected chi connectivity index (χ4v) is 5.49. The number of rotatable bonds is 9. The Balaban J connectivity index is 1.55. The van der Waals surface area contributed by atoms with Gasteiger partial charge < -0.3 is 24.2 Å². The zero-order valence-corrected chi connectivity index (χ0v) is 23.5. The molecule has 0 radical (unpaired) electrons. The molecular weight excluding hydrogens is 542 g/mol. The first-order chi connectivity index (χ1) is 20.5. The van der Waals surface area contributed by atoms with Gasteiger partial charge >= 0.3 is 6.01 Å². The van der Waals surface area contributed by atoms with Gasteiger partial charge in [0.1, 0.15) is 28.6 Å². The smallest absolute Gasteiger partial charge is 0.319 e. The molecule has 2 aromatic heterocycles. The van der Waals surface area contributed by atoms with Crippen LogP contribution in [0.3, 0.4) is 0 Å². The molecular formula is C32H32F2N4O4. The standard InChI is InChI=1S/C32H32F2N4O4/c1-3-22-25(33)9-8-20-14-21(42-19-40-2)15-23(26(20)22)28-27(34)29-24(16-35-28)30(38-12-6-4-5-7-13-38)37-31(36-29)41-18-32(17-39)10-11-32/h1,8-9,14-16,39H,4-7,10-13,17-19H2,2H3. The van der Waals surface area contributed by atoms with Crippen molar-refractivity contribution in [2.75, 3.05) is 45.1 Å². The number of aliphatic hydroxyl groups excluding tert-OH is 1. The molecule has 6 rings (SSSR count). The molecule has 2 aliphatic rings. The van der Waals surface area contributed by atoms with Gasteiger partial charge in [-0.25, -0.2) is 8.78 Å². The third-order valence-corrected chi connectivity index (χ3v) is 8.13. The van der Waals surface area contributed by atoms with Gasteiger partial charge in [0, 0.05) is 42.8 Å². The summed E-state index contributed by atoms with van der Waals surface area (Å²) >= 11 is 0. The van der Waals surface area contributed by atoms with Gasteiger partial charge in [-0.15, -0.1) is 6.42 Å². The van der Waals surface area contributed by atoms with Crippen LogP contribution >= 0.6 is 0 Å². The maximum Gasteiger partial charge on any atom is 0.319 e. The van der Waals surface area contributed by atoms with E-state index < -0.39 is 11.6 Å². The van der Waals surface area contributed by atoms with Gasteiger partial charge in [-0.1, -0.05) is 24.8 Å². The molecule has 8 nitrogen and oxygen atoms in total. The van der Waals surface area contributed by atoms with Crippen LogP contribution in [0.1, 0.15) is 44.1 Å². The largest absolute Gasteiger partial charge is 0.468 e. The maximum atomic E-state index is 16.7. The van der Waals surface area contributed by atoms with Crippen LogP contribution in [-0.2, 0) is 4.74 Å². The molecule has 1 aliphatic carbocycles. The number of halogens is 2. The molecule has 2 aromatic carbocycles. The van der Waals surface area contributed by atoms with Crippen molar-refractivity contribution < 1.29 is 28.1 Å². The summed E-state index contributed by atoms with van der Waals surface area (Å²) in [7, 11) is 1.49. The number of terminal acetylenes is 1. The second-order valence-corrected chi connectivity index (χ2v) is 11.0. The molecule has 4 aromatic rings. The fourth-order valence-electron chi connectivity index (χ4n) is 5.49. The summed E-state index contributed by atoms with van der Waals surface area (Å²) in [6.45, 7) is 1.74. The van der Waals surface area contributed by atoms with Crippen LogP contribution in [-0.4, -0.2) is 60.3 Å². The predicted molar refractivity (Wildman–Crippen MR) is 156 cm³/mol. The molecule has 0 spiro atoms. The third-order valence-electron chi connectivity index (χ3n) is 8.13. The average molecular weight is 575 g/mol. The Morgan fingerprint density at radius 3 is 2.55 bits per heavy atom. The lowest BCUT2D eigenvalue weighted by Gasteiger charge is -2.24. The maximum absolute atomic E-state index is 16.7. The molecule has 10 heteroatoms. The van der Waals surface area contributed by atoms with Gasteiger partial charge in [0.25, 0.3) is 0 Å². The van der Waals surface area contributed by atoms with Gasteiger partial charge in [-0.2, -0.15) is 9.97 Å². The average Bonchev–Trinajstić information content (AvgIpc) is 3.83. The Kier molecular flexibility index (Phi) is 7.80. The van der Waals surface area contributed by atoms with Crippen LogP contribution in [0.4, 0.5) is 14.6 Å². The van der Waals surface area contributed by atoms with Crippen LogP contribution in [0, 0.1) is 29.4 Å². The van der Waals surface area contributed by atoms with Crippen LogP contribution in [0.25, 0.3) is 32.9 Å². The number of hydrogen-bond donors (Lipinski definition) is 1. The number of hydrogen-bond acceptors (Lipinski definition) is 8. The van der Waals surface area contributed by atoms with E-state index in [9.17, 15) is 9.50 Å². The highest BCUT2D eigenvalue weighted by molar-refractivity contribution is 6.03. The van der Waals surface area contributed by atoms with E-state index in [1.165, 1.54) is 13.2 Å². The number of aromatic nitrogens is 3. The number of aliphatic hydroxyl groups is 1. The van der Waals surface area contributed by atoms with Gasteiger partial charge in [0.2, 0.25) is 0 Å². The van der Waals surface area contributed by atoms with Crippen molar-refractivity contribution in [2.24, 2.45) is 5.41 Å². The van der Waals surface area contributed by atoms with Crippen molar-refractivity contribution in [3.63, 3.8) is 0 Å². The summed E-state index contributed by atoms with van der Waals surface area (Å²) in [4.78, 5) is 15.9. The number of methoxy groups -OCH3 is 1. The van der Waals surface area contributed by atoms with Crippen molar-refractivity contribution in [1.82, 2.24) is 15.0 Å². The Bertz CT molecular complexity index is 1680. The molecule has 0 bridgehead atoms. The Hall–Kier alpha value is -4.07. The van der Waals surface area contributed by atoms with E-state index in [-0.39, 0.29) is 53.8 Å². The Morgan fingerprint density at radius 1 is 1.07 bits per heavy atom. The van der Waals surface area contributed by atoms with E-state index in [0.29, 0.717) is 27.7 Å². The van der Waals surface area contributed by atoms with E-state index in [2.05, 4.69) is 20.8 Å². The highest BCUT2D eigenvalue weighted by atomic mass is 19.1. The van der Waals surface area contributed by atoms with Crippen LogP contribution in [0.15, 0.2) is 30.5 Å². The molecule has 1 N–H and O–H groups in total. The van der Waals surface area contributed by atoms with Crippen molar-refractivity contribution in [2.45, 2.75) is 38.5 Å². The van der Waals surface area contributed by atoms with Crippen LogP contribution in [0.2, 0.25) is 0 Å². The first-order valence-corrected chi connectivity index (χ1v) is 14.2. The zero-order chi connectivity index (χ0) is 29.3. The molecule has 0 amide bonds. The molecule has 0 atom stereocenters. The van der Waals surface area contributed by atoms with Gasteiger partial charge in [-0.3, -0.25) is 4.98 Å². The highest BCUT2D eigenvalue weighted by Gasteiger charge is 2.43. The van der Waals surface area contributed by atoms with E-state index in [0.717, 1.165) is 51.6 Å². The summed E-state index contributed by atoms with van der Waals surface area (Å²) in [6.07, 6.45) is 13.2. The third kappa shape index (κ3) is 5.30. The zero-order valence-electron chi connectivity index (χ0n) is 23.5. The summed E-state index contributed by atoms with van der Waals surface area (Å²) in [5.74, 6) is 2.04. The number of pyridine rings is 1. The number of anilines is 1. The molecule has 1 saturated carbocycles. The van der Waals surface area contributed by atoms with Crippen LogP contribution in [0.5, 0.6) is 11.8 Å². The number of fused-ring (bicyclic) bond motifs is 2. The van der Waals surface area contributed by atoms with Crippen molar-refractivity contribution in [3.8, 4) is 35.4 Å².